The number of hydrogen-bond acceptors (Lipinski definition) is 9. The molecule has 0 aliphatic carbocycles. The predicted octanol–water partition coefficient (Wildman–Crippen LogP) is 3.22. The summed E-state index contributed by atoms with van der Waals surface area (Å²) >= 11 is 4.11. The van der Waals surface area contributed by atoms with Crippen LogP contribution in [0.15, 0.2) is 38.6 Å². The number of anilines is 1. The SMILES string of the molecule is CCSc1nnc(NC(=O)CSc2nc3c([nH]c4ccccc43)c(=O)n2CCOC)s1. The second-order valence-corrected chi connectivity index (χ2v) is 9.81. The van der Waals surface area contributed by atoms with E-state index in [2.05, 4.69) is 20.5 Å². The van der Waals surface area contributed by atoms with Crippen LogP contribution < -0.4 is 10.9 Å². The first-order chi connectivity index (χ1) is 15.1. The highest BCUT2D eigenvalue weighted by Gasteiger charge is 2.17. The average molecular weight is 477 g/mol. The third kappa shape index (κ3) is 4.76. The van der Waals surface area contributed by atoms with Crippen LogP contribution in [0.4, 0.5) is 5.13 Å². The molecule has 0 aliphatic rings. The average Bonchev–Trinajstić information content (AvgIpc) is 3.36. The van der Waals surface area contributed by atoms with Crippen molar-refractivity contribution in [3.05, 3.63) is 34.6 Å². The van der Waals surface area contributed by atoms with E-state index in [1.807, 2.05) is 31.2 Å². The number of amides is 1. The van der Waals surface area contributed by atoms with E-state index < -0.39 is 0 Å². The van der Waals surface area contributed by atoms with Crippen molar-refractivity contribution in [3.63, 3.8) is 0 Å². The third-order valence-electron chi connectivity index (χ3n) is 4.35. The lowest BCUT2D eigenvalue weighted by atomic mass is 10.2. The predicted molar refractivity (Wildman–Crippen MR) is 125 cm³/mol. The van der Waals surface area contributed by atoms with E-state index in [0.29, 0.717) is 34.5 Å². The molecule has 12 heteroatoms. The van der Waals surface area contributed by atoms with E-state index in [1.165, 1.54) is 23.1 Å². The maximum Gasteiger partial charge on any atom is 0.278 e. The van der Waals surface area contributed by atoms with Crippen LogP contribution in [-0.4, -0.2) is 55.9 Å². The molecule has 0 bridgehead atoms. The summed E-state index contributed by atoms with van der Waals surface area (Å²) in [7, 11) is 1.58. The molecule has 0 aliphatic heterocycles. The molecule has 1 amide bonds. The summed E-state index contributed by atoms with van der Waals surface area (Å²) in [5.41, 5.74) is 1.70. The second kappa shape index (κ2) is 9.81. The number of aromatic nitrogens is 5. The monoisotopic (exact) mass is 476 g/mol. The van der Waals surface area contributed by atoms with Crippen molar-refractivity contribution < 1.29 is 9.53 Å². The van der Waals surface area contributed by atoms with E-state index >= 15 is 0 Å². The zero-order valence-corrected chi connectivity index (χ0v) is 19.3. The Kier molecular flexibility index (Phi) is 6.90. The van der Waals surface area contributed by atoms with Gasteiger partial charge in [0.2, 0.25) is 11.0 Å². The highest BCUT2D eigenvalue weighted by atomic mass is 32.2. The van der Waals surface area contributed by atoms with E-state index in [9.17, 15) is 9.59 Å². The van der Waals surface area contributed by atoms with Crippen LogP contribution >= 0.6 is 34.9 Å². The zero-order chi connectivity index (χ0) is 21.8. The summed E-state index contributed by atoms with van der Waals surface area (Å²) in [4.78, 5) is 33.4. The maximum absolute atomic E-state index is 13.1. The molecule has 9 nitrogen and oxygen atoms in total. The van der Waals surface area contributed by atoms with Gasteiger partial charge in [0.25, 0.3) is 5.56 Å². The Labute approximate surface area is 190 Å². The molecule has 4 rings (SSSR count). The number of nitrogens with one attached hydrogen (secondary N) is 2. The topological polar surface area (TPSA) is 115 Å². The number of carbonyl (C=O) groups excluding carboxylic acids is 1. The number of fused-ring (bicyclic) bond motifs is 3. The minimum atomic E-state index is -0.235. The molecule has 162 valence electrons. The number of methoxy groups -OCH3 is 1. The molecule has 3 heterocycles. The second-order valence-electron chi connectivity index (χ2n) is 6.38. The van der Waals surface area contributed by atoms with Gasteiger partial charge in [0, 0.05) is 18.0 Å². The molecule has 3 aromatic heterocycles. The van der Waals surface area contributed by atoms with Gasteiger partial charge in [-0.3, -0.25) is 19.5 Å². The molecule has 0 saturated carbocycles. The maximum atomic E-state index is 13.1. The molecule has 4 aromatic rings. The molecule has 0 atom stereocenters. The Morgan fingerprint density at radius 1 is 1.29 bits per heavy atom. The van der Waals surface area contributed by atoms with Crippen molar-refractivity contribution in [2.24, 2.45) is 0 Å². The number of nitrogens with zero attached hydrogens (tertiary/aromatic N) is 4. The zero-order valence-electron chi connectivity index (χ0n) is 16.9. The van der Waals surface area contributed by atoms with E-state index in [4.69, 9.17) is 9.72 Å². The van der Waals surface area contributed by atoms with Gasteiger partial charge in [0.15, 0.2) is 9.50 Å². The van der Waals surface area contributed by atoms with Crippen LogP contribution in [0.5, 0.6) is 0 Å². The van der Waals surface area contributed by atoms with Crippen LogP contribution in [0.2, 0.25) is 0 Å². The normalized spacial score (nSPS) is 11.4. The van der Waals surface area contributed by atoms with E-state index in [1.54, 1.807) is 23.4 Å². The van der Waals surface area contributed by atoms with Crippen molar-refractivity contribution in [3.8, 4) is 0 Å². The standard InChI is InChI=1S/C19H20N6O3S3/c1-3-29-19-24-23-17(31-19)21-13(26)10-30-18-22-14-11-6-4-5-7-12(11)20-15(14)16(27)25(18)8-9-28-2/h4-7,20H,3,8-10H2,1-2H3,(H,21,23,26). The quantitative estimate of drug-likeness (QED) is 0.215. The fraction of sp³-hybridized carbons (Fsp3) is 0.316. The highest BCUT2D eigenvalue weighted by Crippen LogP contribution is 2.26. The summed E-state index contributed by atoms with van der Waals surface area (Å²) in [5.74, 6) is 0.739. The van der Waals surface area contributed by atoms with Gasteiger partial charge in [-0.05, 0) is 11.8 Å². The van der Waals surface area contributed by atoms with Crippen molar-refractivity contribution in [1.29, 1.82) is 0 Å². The lowest BCUT2D eigenvalue weighted by Gasteiger charge is -2.11. The number of benzene rings is 1. The minimum absolute atomic E-state index is 0.0864. The smallest absolute Gasteiger partial charge is 0.278 e. The summed E-state index contributed by atoms with van der Waals surface area (Å²) in [6.07, 6.45) is 0. The Morgan fingerprint density at radius 2 is 2.13 bits per heavy atom. The fourth-order valence-corrected chi connectivity index (χ4v) is 5.48. The molecular weight excluding hydrogens is 456 g/mol. The summed E-state index contributed by atoms with van der Waals surface area (Å²) in [6.45, 7) is 2.73. The first-order valence-electron chi connectivity index (χ1n) is 9.49. The van der Waals surface area contributed by atoms with Crippen molar-refractivity contribution in [2.45, 2.75) is 23.0 Å². The van der Waals surface area contributed by atoms with Gasteiger partial charge in [-0.2, -0.15) is 0 Å². The first kappa shape index (κ1) is 21.8. The number of hydrogen-bond donors (Lipinski definition) is 2. The van der Waals surface area contributed by atoms with Gasteiger partial charge in [-0.1, -0.05) is 60.0 Å². The highest BCUT2D eigenvalue weighted by molar-refractivity contribution is 8.01. The van der Waals surface area contributed by atoms with Gasteiger partial charge in [-0.25, -0.2) is 4.98 Å². The minimum Gasteiger partial charge on any atom is -0.383 e. The van der Waals surface area contributed by atoms with Gasteiger partial charge in [0.05, 0.1) is 18.9 Å². The Balaban J connectivity index is 1.59. The largest absolute Gasteiger partial charge is 0.383 e. The number of ether oxygens (including phenoxy) is 1. The number of carbonyl (C=O) groups is 1. The van der Waals surface area contributed by atoms with Gasteiger partial charge >= 0.3 is 0 Å². The first-order valence-corrected chi connectivity index (χ1v) is 12.3. The van der Waals surface area contributed by atoms with Crippen molar-refractivity contribution in [2.75, 3.05) is 30.5 Å². The molecule has 0 saturated heterocycles. The fourth-order valence-electron chi connectivity index (χ4n) is 2.99. The van der Waals surface area contributed by atoms with Crippen LogP contribution in [0.3, 0.4) is 0 Å². The van der Waals surface area contributed by atoms with E-state index in [-0.39, 0.29) is 17.2 Å². The van der Waals surface area contributed by atoms with Crippen LogP contribution in [-0.2, 0) is 16.1 Å². The molecule has 1 aromatic carbocycles. The van der Waals surface area contributed by atoms with Gasteiger partial charge in [-0.15, -0.1) is 10.2 Å². The Hall–Kier alpha value is -2.41. The molecule has 0 radical (unpaired) electrons. The molecule has 0 fully saturated rings. The molecule has 0 spiro atoms. The molecule has 0 unspecified atom stereocenters. The van der Waals surface area contributed by atoms with E-state index in [0.717, 1.165) is 21.0 Å². The molecular formula is C19H20N6O3S3. The van der Waals surface area contributed by atoms with Crippen molar-refractivity contribution in [1.82, 2.24) is 24.7 Å². The third-order valence-corrected chi connectivity index (χ3v) is 7.18. The molecule has 31 heavy (non-hydrogen) atoms. The van der Waals surface area contributed by atoms with Crippen molar-refractivity contribution >= 4 is 67.8 Å². The van der Waals surface area contributed by atoms with Gasteiger partial charge < -0.3 is 9.72 Å². The van der Waals surface area contributed by atoms with Crippen LogP contribution in [0.1, 0.15) is 6.92 Å². The number of aromatic amines is 1. The van der Waals surface area contributed by atoms with Crippen LogP contribution in [0, 0.1) is 0 Å². The number of rotatable bonds is 9. The van der Waals surface area contributed by atoms with Gasteiger partial charge in [0.1, 0.15) is 11.0 Å². The summed E-state index contributed by atoms with van der Waals surface area (Å²) < 4.78 is 7.50. The Bertz CT molecular complexity index is 1280. The lowest BCUT2D eigenvalue weighted by Crippen LogP contribution is -2.26. The number of thioether (sulfide) groups is 2. The summed E-state index contributed by atoms with van der Waals surface area (Å²) in [5, 5.41) is 12.6. The summed E-state index contributed by atoms with van der Waals surface area (Å²) in [6, 6.07) is 7.63. The number of H-pyrrole nitrogens is 1. The van der Waals surface area contributed by atoms with Crippen LogP contribution in [0.25, 0.3) is 21.9 Å². The number of para-hydroxylation sites is 1. The lowest BCUT2D eigenvalue weighted by molar-refractivity contribution is -0.113. The molecule has 2 N–H and O–H groups in total. The Morgan fingerprint density at radius 3 is 2.94 bits per heavy atom.